The Hall–Kier alpha value is -0.330. The molecule has 0 aromatic heterocycles. The predicted octanol–water partition coefficient (Wildman–Crippen LogP) is 2.01. The van der Waals surface area contributed by atoms with Gasteiger partial charge in [-0.2, -0.15) is 0 Å². The van der Waals surface area contributed by atoms with Crippen LogP contribution in [0.15, 0.2) is 0 Å². The average Bonchev–Trinajstić information content (AvgIpc) is 2.52. The maximum Gasteiger partial charge on any atom is 0.136 e. The molecule has 0 heterocycles. The zero-order chi connectivity index (χ0) is 7.42. The van der Waals surface area contributed by atoms with Crippen LogP contribution in [0, 0.1) is 23.7 Å². The van der Waals surface area contributed by atoms with Crippen molar-refractivity contribution in [1.82, 2.24) is 0 Å². The van der Waals surface area contributed by atoms with E-state index < -0.39 is 0 Å². The molecule has 3 aliphatic carbocycles. The van der Waals surface area contributed by atoms with Crippen molar-refractivity contribution in [3.63, 3.8) is 0 Å². The molecule has 0 radical (unpaired) electrons. The van der Waals surface area contributed by atoms with E-state index in [4.69, 9.17) is 0 Å². The third kappa shape index (κ3) is 0.646. The van der Waals surface area contributed by atoms with Gasteiger partial charge >= 0.3 is 0 Å². The number of carbonyl (C=O) groups excluding carboxylic acids is 1. The van der Waals surface area contributed by atoms with E-state index in [0.29, 0.717) is 11.7 Å². The highest BCUT2D eigenvalue weighted by molar-refractivity contribution is 5.83. The summed E-state index contributed by atoms with van der Waals surface area (Å²) in [5.74, 6) is 3.87. The normalized spacial score (nSPS) is 53.6. The molecule has 0 saturated heterocycles. The molecule has 0 spiro atoms. The van der Waals surface area contributed by atoms with Gasteiger partial charge in [0.15, 0.2) is 0 Å². The Balaban J connectivity index is 1.98. The van der Waals surface area contributed by atoms with E-state index >= 15 is 0 Å². The zero-order valence-electron chi connectivity index (χ0n) is 6.75. The lowest BCUT2D eigenvalue weighted by molar-refractivity contribution is -0.126. The Kier molecular flexibility index (Phi) is 1.06. The summed E-state index contributed by atoms with van der Waals surface area (Å²) < 4.78 is 0. The van der Waals surface area contributed by atoms with Crippen molar-refractivity contribution in [3.8, 4) is 0 Å². The SMILES string of the molecule is O=C1CCC2C3CCC2C1C3. The molecular formula is C10H14O. The molecule has 3 aliphatic rings. The van der Waals surface area contributed by atoms with Gasteiger partial charge in [0.05, 0.1) is 0 Å². The number of hydrogen-bond donors (Lipinski definition) is 0. The summed E-state index contributed by atoms with van der Waals surface area (Å²) in [6.07, 6.45) is 6.19. The molecule has 3 fully saturated rings. The fourth-order valence-corrected chi connectivity index (χ4v) is 3.79. The summed E-state index contributed by atoms with van der Waals surface area (Å²) in [4.78, 5) is 11.4. The van der Waals surface area contributed by atoms with Crippen LogP contribution in [0.4, 0.5) is 0 Å². The topological polar surface area (TPSA) is 17.1 Å². The highest BCUT2D eigenvalue weighted by atomic mass is 16.1. The van der Waals surface area contributed by atoms with Crippen LogP contribution in [0.2, 0.25) is 0 Å². The van der Waals surface area contributed by atoms with Crippen molar-refractivity contribution in [2.75, 3.05) is 0 Å². The van der Waals surface area contributed by atoms with Crippen molar-refractivity contribution in [2.24, 2.45) is 23.7 Å². The number of carbonyl (C=O) groups is 1. The molecule has 1 heteroatoms. The molecule has 11 heavy (non-hydrogen) atoms. The van der Waals surface area contributed by atoms with Gasteiger partial charge in [0, 0.05) is 12.3 Å². The average molecular weight is 150 g/mol. The molecule has 0 aromatic rings. The first kappa shape index (κ1) is 6.22. The highest BCUT2D eigenvalue weighted by Crippen LogP contribution is 2.57. The lowest BCUT2D eigenvalue weighted by Gasteiger charge is -2.25. The van der Waals surface area contributed by atoms with Gasteiger partial charge in [-0.15, -0.1) is 0 Å². The lowest BCUT2D eigenvalue weighted by Crippen LogP contribution is -2.26. The van der Waals surface area contributed by atoms with Crippen LogP contribution in [0.3, 0.4) is 0 Å². The summed E-state index contributed by atoms with van der Waals surface area (Å²) in [5, 5.41) is 0. The Labute approximate surface area is 67.2 Å². The smallest absolute Gasteiger partial charge is 0.136 e. The fourth-order valence-electron chi connectivity index (χ4n) is 3.79. The number of rotatable bonds is 0. The minimum absolute atomic E-state index is 0.521. The van der Waals surface area contributed by atoms with Gasteiger partial charge in [-0.25, -0.2) is 0 Å². The molecule has 3 rings (SSSR count). The van der Waals surface area contributed by atoms with Crippen molar-refractivity contribution >= 4 is 5.78 Å². The molecule has 4 unspecified atom stereocenters. The van der Waals surface area contributed by atoms with E-state index in [1.165, 1.54) is 25.7 Å². The summed E-state index contributed by atoms with van der Waals surface area (Å²) in [6.45, 7) is 0. The van der Waals surface area contributed by atoms with Gasteiger partial charge in [-0.05, 0) is 43.4 Å². The van der Waals surface area contributed by atoms with Gasteiger partial charge in [0.25, 0.3) is 0 Å². The van der Waals surface area contributed by atoms with E-state index in [9.17, 15) is 4.79 Å². The van der Waals surface area contributed by atoms with E-state index in [1.54, 1.807) is 0 Å². The van der Waals surface area contributed by atoms with E-state index in [0.717, 1.165) is 24.2 Å². The minimum Gasteiger partial charge on any atom is -0.299 e. The largest absolute Gasteiger partial charge is 0.299 e. The Morgan fingerprint density at radius 2 is 2.00 bits per heavy atom. The fraction of sp³-hybridized carbons (Fsp3) is 0.900. The number of Topliss-reactive ketones (excluding diaryl/α,β-unsaturated/α-hetero) is 1. The van der Waals surface area contributed by atoms with Gasteiger partial charge in [0.1, 0.15) is 5.78 Å². The summed E-state index contributed by atoms with van der Waals surface area (Å²) in [5.41, 5.74) is 0. The third-order valence-electron chi connectivity index (χ3n) is 4.24. The third-order valence-corrected chi connectivity index (χ3v) is 4.24. The first-order valence-corrected chi connectivity index (χ1v) is 4.89. The second-order valence-electron chi connectivity index (χ2n) is 4.51. The molecular weight excluding hydrogens is 136 g/mol. The molecule has 1 nitrogen and oxygen atoms in total. The van der Waals surface area contributed by atoms with Crippen LogP contribution in [-0.4, -0.2) is 5.78 Å². The first-order valence-electron chi connectivity index (χ1n) is 4.89. The van der Waals surface area contributed by atoms with Crippen LogP contribution < -0.4 is 0 Å². The van der Waals surface area contributed by atoms with Gasteiger partial charge < -0.3 is 0 Å². The van der Waals surface area contributed by atoms with Crippen molar-refractivity contribution in [3.05, 3.63) is 0 Å². The molecule has 4 bridgehead atoms. The standard InChI is InChI=1S/C10H14O/c11-10-4-3-7-6-1-2-8(7)9(10)5-6/h6-9H,1-5H2. The van der Waals surface area contributed by atoms with E-state index in [1.807, 2.05) is 0 Å². The van der Waals surface area contributed by atoms with Crippen LogP contribution in [0.1, 0.15) is 32.1 Å². The van der Waals surface area contributed by atoms with Crippen LogP contribution in [0.5, 0.6) is 0 Å². The van der Waals surface area contributed by atoms with Crippen molar-refractivity contribution in [2.45, 2.75) is 32.1 Å². The molecule has 0 amide bonds. The monoisotopic (exact) mass is 150 g/mol. The number of ketones is 1. The van der Waals surface area contributed by atoms with Crippen molar-refractivity contribution in [1.29, 1.82) is 0 Å². The second kappa shape index (κ2) is 1.88. The van der Waals surface area contributed by atoms with E-state index in [2.05, 4.69) is 0 Å². The molecule has 0 aromatic carbocycles. The van der Waals surface area contributed by atoms with E-state index in [-0.39, 0.29) is 0 Å². The van der Waals surface area contributed by atoms with Gasteiger partial charge in [-0.1, -0.05) is 0 Å². The maximum atomic E-state index is 11.4. The van der Waals surface area contributed by atoms with Crippen LogP contribution in [0.25, 0.3) is 0 Å². The Bertz CT molecular complexity index is 209. The molecule has 0 N–H and O–H groups in total. The second-order valence-corrected chi connectivity index (χ2v) is 4.51. The molecule has 60 valence electrons. The summed E-state index contributed by atoms with van der Waals surface area (Å²) in [7, 11) is 0. The van der Waals surface area contributed by atoms with Crippen molar-refractivity contribution < 1.29 is 4.79 Å². The molecule has 4 atom stereocenters. The minimum atomic E-state index is 0.521. The van der Waals surface area contributed by atoms with Crippen LogP contribution >= 0.6 is 0 Å². The highest BCUT2D eigenvalue weighted by Gasteiger charge is 2.52. The Morgan fingerprint density at radius 1 is 1.09 bits per heavy atom. The molecule has 0 aliphatic heterocycles. The van der Waals surface area contributed by atoms with Crippen LogP contribution in [-0.2, 0) is 4.79 Å². The quantitative estimate of drug-likeness (QED) is 0.516. The first-order chi connectivity index (χ1) is 5.36. The predicted molar refractivity (Wildman–Crippen MR) is 42.1 cm³/mol. The molecule has 3 saturated carbocycles. The zero-order valence-corrected chi connectivity index (χ0v) is 6.75. The van der Waals surface area contributed by atoms with Gasteiger partial charge in [-0.3, -0.25) is 4.79 Å². The summed E-state index contributed by atoms with van der Waals surface area (Å²) >= 11 is 0. The Morgan fingerprint density at radius 3 is 2.82 bits per heavy atom. The number of hydrogen-bond acceptors (Lipinski definition) is 1. The van der Waals surface area contributed by atoms with Gasteiger partial charge in [0.2, 0.25) is 0 Å². The summed E-state index contributed by atoms with van der Waals surface area (Å²) in [6, 6.07) is 0. The maximum absolute atomic E-state index is 11.4. The lowest BCUT2D eigenvalue weighted by atomic mass is 9.78.